The van der Waals surface area contributed by atoms with Crippen molar-refractivity contribution in [2.24, 2.45) is 5.73 Å². The lowest BCUT2D eigenvalue weighted by atomic mass is 10.1. The Balaban J connectivity index is 2.03. The van der Waals surface area contributed by atoms with Crippen LogP contribution in [0.4, 0.5) is 8.78 Å². The van der Waals surface area contributed by atoms with Gasteiger partial charge in [-0.1, -0.05) is 11.8 Å². The van der Waals surface area contributed by atoms with E-state index in [0.29, 0.717) is 10.9 Å². The van der Waals surface area contributed by atoms with E-state index in [4.69, 9.17) is 5.73 Å². The van der Waals surface area contributed by atoms with Crippen LogP contribution >= 0.6 is 11.8 Å². The highest BCUT2D eigenvalue weighted by Gasteiger charge is 2.13. The molecule has 2 N–H and O–H groups in total. The molecule has 1 aromatic heterocycles. The number of hydrogen-bond donors (Lipinski definition) is 1. The van der Waals surface area contributed by atoms with E-state index in [1.807, 2.05) is 6.92 Å². The van der Waals surface area contributed by atoms with Crippen molar-refractivity contribution in [1.82, 2.24) is 9.97 Å². The number of hydrogen-bond acceptors (Lipinski definition) is 4. The summed E-state index contributed by atoms with van der Waals surface area (Å²) in [5, 5.41) is 0.567. The fourth-order valence-corrected chi connectivity index (χ4v) is 2.27. The summed E-state index contributed by atoms with van der Waals surface area (Å²) in [4.78, 5) is 8.22. The van der Waals surface area contributed by atoms with Crippen LogP contribution in [0.5, 0.6) is 0 Å². The molecule has 0 spiro atoms. The molecule has 0 aliphatic rings. The van der Waals surface area contributed by atoms with E-state index in [1.54, 1.807) is 12.4 Å². The molecule has 3 nitrogen and oxygen atoms in total. The third-order valence-electron chi connectivity index (χ3n) is 2.51. The predicted molar refractivity (Wildman–Crippen MR) is 70.8 cm³/mol. The molecule has 2 rings (SSSR count). The molecule has 0 saturated heterocycles. The number of nitrogens with zero attached hydrogens (tertiary/aromatic N) is 2. The lowest BCUT2D eigenvalue weighted by Crippen LogP contribution is -2.15. The van der Waals surface area contributed by atoms with Crippen molar-refractivity contribution in [2.45, 2.75) is 18.1 Å². The van der Waals surface area contributed by atoms with Gasteiger partial charge in [-0.25, -0.2) is 18.7 Å². The van der Waals surface area contributed by atoms with Crippen molar-refractivity contribution < 1.29 is 8.78 Å². The zero-order valence-electron chi connectivity index (χ0n) is 10.3. The normalized spacial score (nSPS) is 12.4. The maximum absolute atomic E-state index is 13.5. The van der Waals surface area contributed by atoms with Gasteiger partial charge in [0.25, 0.3) is 0 Å². The highest BCUT2D eigenvalue weighted by molar-refractivity contribution is 7.99. The molecule has 0 amide bonds. The van der Waals surface area contributed by atoms with Crippen molar-refractivity contribution >= 4 is 11.8 Å². The Hall–Kier alpha value is -1.53. The molecule has 100 valence electrons. The Morgan fingerprint density at radius 3 is 2.63 bits per heavy atom. The third kappa shape index (κ3) is 3.71. The highest BCUT2D eigenvalue weighted by Crippen LogP contribution is 2.23. The van der Waals surface area contributed by atoms with E-state index in [-0.39, 0.29) is 5.56 Å². The van der Waals surface area contributed by atoms with E-state index in [0.717, 1.165) is 23.8 Å². The van der Waals surface area contributed by atoms with Gasteiger partial charge in [-0.2, -0.15) is 0 Å². The average Bonchev–Trinajstić information content (AvgIpc) is 2.40. The van der Waals surface area contributed by atoms with Crippen molar-refractivity contribution in [3.8, 4) is 0 Å². The van der Waals surface area contributed by atoms with Crippen molar-refractivity contribution in [1.29, 1.82) is 0 Å². The van der Waals surface area contributed by atoms with Crippen molar-refractivity contribution in [3.63, 3.8) is 0 Å². The van der Waals surface area contributed by atoms with Crippen LogP contribution in [0.3, 0.4) is 0 Å². The molecule has 0 aliphatic heterocycles. The van der Waals surface area contributed by atoms with Crippen LogP contribution in [0.25, 0.3) is 0 Å². The Labute approximate surface area is 114 Å². The first-order valence-corrected chi connectivity index (χ1v) is 6.67. The van der Waals surface area contributed by atoms with Gasteiger partial charge < -0.3 is 5.73 Å². The summed E-state index contributed by atoms with van der Waals surface area (Å²) in [7, 11) is 0. The molecule has 0 bridgehead atoms. The maximum atomic E-state index is 13.5. The number of nitrogens with two attached hydrogens (primary N) is 1. The Kier molecular flexibility index (Phi) is 4.44. The summed E-state index contributed by atoms with van der Waals surface area (Å²) >= 11 is 1.31. The van der Waals surface area contributed by atoms with E-state index < -0.39 is 17.7 Å². The molecule has 0 saturated carbocycles. The van der Waals surface area contributed by atoms with E-state index in [9.17, 15) is 8.78 Å². The van der Waals surface area contributed by atoms with Crippen LogP contribution < -0.4 is 5.73 Å². The summed E-state index contributed by atoms with van der Waals surface area (Å²) in [6.45, 7) is 1.89. The van der Waals surface area contributed by atoms with Crippen LogP contribution in [0, 0.1) is 18.6 Å². The van der Waals surface area contributed by atoms with E-state index >= 15 is 0 Å². The van der Waals surface area contributed by atoms with Gasteiger partial charge in [0.05, 0.1) is 0 Å². The molecule has 1 heterocycles. The van der Waals surface area contributed by atoms with Crippen LogP contribution in [-0.4, -0.2) is 15.7 Å². The van der Waals surface area contributed by atoms with Gasteiger partial charge in [-0.3, -0.25) is 0 Å². The summed E-state index contributed by atoms with van der Waals surface area (Å²) < 4.78 is 26.6. The van der Waals surface area contributed by atoms with Gasteiger partial charge in [-0.15, -0.1) is 0 Å². The molecule has 2 aromatic rings. The van der Waals surface area contributed by atoms with Gasteiger partial charge in [0, 0.05) is 29.8 Å². The average molecular weight is 281 g/mol. The highest BCUT2D eigenvalue weighted by atomic mass is 32.2. The molecule has 1 aromatic carbocycles. The lowest BCUT2D eigenvalue weighted by molar-refractivity contribution is 0.573. The Morgan fingerprint density at radius 2 is 1.95 bits per heavy atom. The Bertz CT molecular complexity index is 560. The summed E-state index contributed by atoms with van der Waals surface area (Å²) in [6, 6.07) is 2.67. The number of aromatic nitrogens is 2. The molecule has 0 fully saturated rings. The van der Waals surface area contributed by atoms with Crippen LogP contribution in [-0.2, 0) is 0 Å². The first-order chi connectivity index (χ1) is 9.06. The summed E-state index contributed by atoms with van der Waals surface area (Å²) in [5.74, 6) is -0.619. The number of rotatable bonds is 4. The number of aryl methyl sites for hydroxylation is 1. The zero-order chi connectivity index (χ0) is 13.8. The van der Waals surface area contributed by atoms with Gasteiger partial charge in [0.15, 0.2) is 5.16 Å². The quantitative estimate of drug-likeness (QED) is 0.691. The topological polar surface area (TPSA) is 51.8 Å². The van der Waals surface area contributed by atoms with Crippen molar-refractivity contribution in [2.75, 3.05) is 5.75 Å². The summed E-state index contributed by atoms with van der Waals surface area (Å²) in [6.07, 6.45) is 3.40. The largest absolute Gasteiger partial charge is 0.323 e. The fraction of sp³-hybridized carbons (Fsp3) is 0.231. The number of benzene rings is 1. The predicted octanol–water partition coefficient (Wildman–Crippen LogP) is 2.86. The summed E-state index contributed by atoms with van der Waals surface area (Å²) in [5.41, 5.74) is 6.99. The minimum atomic E-state index is -0.606. The third-order valence-corrected chi connectivity index (χ3v) is 3.50. The second kappa shape index (κ2) is 6.08. The van der Waals surface area contributed by atoms with Crippen LogP contribution in [0.1, 0.15) is 17.2 Å². The molecule has 1 unspecified atom stereocenters. The van der Waals surface area contributed by atoms with Gasteiger partial charge >= 0.3 is 0 Å². The number of thioether (sulfide) groups is 1. The molecule has 6 heteroatoms. The molecular weight excluding hydrogens is 268 g/mol. The Morgan fingerprint density at radius 1 is 1.26 bits per heavy atom. The first kappa shape index (κ1) is 13.9. The minimum absolute atomic E-state index is 0.166. The number of halogens is 2. The zero-order valence-corrected chi connectivity index (χ0v) is 11.1. The standard InChI is InChI=1S/C13H13F2N3S/c1-8-5-17-13(18-6-8)19-7-12(16)10-4-9(14)2-3-11(10)15/h2-6,12H,7,16H2,1H3. The SMILES string of the molecule is Cc1cnc(SCC(N)c2cc(F)ccc2F)nc1. The fourth-order valence-electron chi connectivity index (χ4n) is 1.51. The molecule has 19 heavy (non-hydrogen) atoms. The van der Waals surface area contributed by atoms with Gasteiger partial charge in [0.1, 0.15) is 11.6 Å². The smallest absolute Gasteiger partial charge is 0.187 e. The van der Waals surface area contributed by atoms with Crippen LogP contribution in [0.2, 0.25) is 0 Å². The molecular formula is C13H13F2N3S. The molecule has 1 atom stereocenters. The van der Waals surface area contributed by atoms with Gasteiger partial charge in [0.2, 0.25) is 0 Å². The van der Waals surface area contributed by atoms with Crippen LogP contribution in [0.15, 0.2) is 35.7 Å². The maximum Gasteiger partial charge on any atom is 0.187 e. The van der Waals surface area contributed by atoms with Crippen molar-refractivity contribution in [3.05, 3.63) is 53.4 Å². The molecule has 0 radical (unpaired) electrons. The lowest BCUT2D eigenvalue weighted by Gasteiger charge is -2.12. The van der Waals surface area contributed by atoms with E-state index in [1.165, 1.54) is 11.8 Å². The monoisotopic (exact) mass is 281 g/mol. The second-order valence-electron chi connectivity index (χ2n) is 4.13. The molecule has 0 aliphatic carbocycles. The van der Waals surface area contributed by atoms with Gasteiger partial charge in [-0.05, 0) is 30.7 Å². The second-order valence-corrected chi connectivity index (χ2v) is 5.11. The minimum Gasteiger partial charge on any atom is -0.323 e. The first-order valence-electron chi connectivity index (χ1n) is 5.68. The van der Waals surface area contributed by atoms with E-state index in [2.05, 4.69) is 9.97 Å².